The predicted molar refractivity (Wildman–Crippen MR) is 37.5 cm³/mol. The van der Waals surface area contributed by atoms with E-state index in [2.05, 4.69) is 4.98 Å². The minimum Gasteiger partial charge on any atom is -0.340 e. The fourth-order valence-electron chi connectivity index (χ4n) is 0.713. The van der Waals surface area contributed by atoms with E-state index in [-0.39, 0.29) is 0 Å². The molecule has 0 radical (unpaired) electrons. The summed E-state index contributed by atoms with van der Waals surface area (Å²) in [7, 11) is 0. The average Bonchev–Trinajstić information content (AvgIpc) is 1.82. The molecule has 6 heteroatoms. The Morgan fingerprint density at radius 3 is 2.33 bits per heavy atom. The second kappa shape index (κ2) is 2.95. The van der Waals surface area contributed by atoms with Gasteiger partial charge in [-0.2, -0.15) is 0 Å². The third-order valence-electron chi connectivity index (χ3n) is 1.19. The molecule has 3 N–H and O–H groups in total. The molecule has 0 aliphatic rings. The third kappa shape index (κ3) is 1.70. The Bertz CT molecular complexity index is 279. The highest BCUT2D eigenvalue weighted by Crippen LogP contribution is 2.24. The van der Waals surface area contributed by atoms with Gasteiger partial charge in [0.05, 0.1) is 0 Å². The van der Waals surface area contributed by atoms with E-state index in [1.165, 1.54) is 0 Å². The normalized spacial score (nSPS) is 11.8. The van der Waals surface area contributed by atoms with Gasteiger partial charge in [-0.1, -0.05) is 11.6 Å². The van der Waals surface area contributed by atoms with Gasteiger partial charge in [-0.25, -0.2) is 9.37 Å². The lowest BCUT2D eigenvalue weighted by Crippen LogP contribution is -2.26. The zero-order chi connectivity index (χ0) is 9.35. The van der Waals surface area contributed by atoms with Crippen molar-refractivity contribution in [3.63, 3.8) is 0 Å². The van der Waals surface area contributed by atoms with Crippen LogP contribution < -0.4 is 0 Å². The zero-order valence-electron chi connectivity index (χ0n) is 5.70. The molecule has 12 heavy (non-hydrogen) atoms. The van der Waals surface area contributed by atoms with Gasteiger partial charge < -0.3 is 15.3 Å². The highest BCUT2D eigenvalue weighted by molar-refractivity contribution is 6.30. The molecule has 66 valence electrons. The summed E-state index contributed by atoms with van der Waals surface area (Å²) in [5, 5.41) is 25.3. The van der Waals surface area contributed by atoms with Crippen molar-refractivity contribution in [1.82, 2.24) is 4.98 Å². The van der Waals surface area contributed by atoms with Crippen LogP contribution in [0.3, 0.4) is 0 Å². The summed E-state index contributed by atoms with van der Waals surface area (Å²) in [6, 6.07) is 0.846. The summed E-state index contributed by atoms with van der Waals surface area (Å²) < 4.78 is 12.7. The van der Waals surface area contributed by atoms with Crippen molar-refractivity contribution in [2.45, 2.75) is 5.97 Å². The number of rotatable bonds is 1. The van der Waals surface area contributed by atoms with Crippen LogP contribution in [0, 0.1) is 5.82 Å². The Hall–Kier alpha value is -0.750. The lowest BCUT2D eigenvalue weighted by atomic mass is 10.2. The summed E-state index contributed by atoms with van der Waals surface area (Å²) >= 11 is 5.28. The lowest BCUT2D eigenvalue weighted by Gasteiger charge is -2.15. The summed E-state index contributed by atoms with van der Waals surface area (Å²) in [5.74, 6) is -4.34. The molecule has 1 heterocycles. The highest BCUT2D eigenvalue weighted by Gasteiger charge is 2.29. The number of aliphatic hydroxyl groups is 3. The summed E-state index contributed by atoms with van der Waals surface area (Å²) in [4.78, 5) is 3.35. The minimum absolute atomic E-state index is 0.498. The molecule has 0 saturated carbocycles. The van der Waals surface area contributed by atoms with E-state index in [0.717, 1.165) is 12.3 Å². The van der Waals surface area contributed by atoms with E-state index in [1.54, 1.807) is 0 Å². The van der Waals surface area contributed by atoms with Crippen molar-refractivity contribution in [3.05, 3.63) is 28.8 Å². The fourth-order valence-corrected chi connectivity index (χ4v) is 0.987. The van der Waals surface area contributed by atoms with Crippen molar-refractivity contribution in [3.8, 4) is 0 Å². The molecule has 0 atom stereocenters. The van der Waals surface area contributed by atoms with E-state index < -0.39 is 22.5 Å². The second-order valence-corrected chi connectivity index (χ2v) is 2.45. The number of pyridine rings is 1. The molecule has 0 amide bonds. The van der Waals surface area contributed by atoms with Crippen LogP contribution >= 0.6 is 11.6 Å². The first-order valence-corrected chi connectivity index (χ1v) is 3.28. The zero-order valence-corrected chi connectivity index (χ0v) is 6.46. The molecular formula is C6H5ClFNO3. The molecule has 1 aromatic rings. The topological polar surface area (TPSA) is 73.6 Å². The smallest absolute Gasteiger partial charge is 0.310 e. The molecular weight excluding hydrogens is 189 g/mol. The van der Waals surface area contributed by atoms with Gasteiger partial charge in [0.15, 0.2) is 0 Å². The number of hydrogen-bond acceptors (Lipinski definition) is 4. The molecule has 1 aromatic heterocycles. The van der Waals surface area contributed by atoms with Gasteiger partial charge in [0, 0.05) is 6.20 Å². The standard InChI is InChI=1S/C6H5ClFNO3/c7-5-4(6(10,11)12)3(8)1-2-9-5/h1-2,10-12H. The number of aromatic nitrogens is 1. The molecule has 4 nitrogen and oxygen atoms in total. The van der Waals surface area contributed by atoms with Gasteiger partial charge in [0.2, 0.25) is 0 Å². The van der Waals surface area contributed by atoms with Gasteiger partial charge >= 0.3 is 5.97 Å². The maximum atomic E-state index is 12.7. The Morgan fingerprint density at radius 2 is 2.00 bits per heavy atom. The van der Waals surface area contributed by atoms with Crippen LogP contribution in [0.15, 0.2) is 12.3 Å². The SMILES string of the molecule is OC(O)(O)c1c(F)ccnc1Cl. The molecule has 0 aliphatic heterocycles. The van der Waals surface area contributed by atoms with Crippen molar-refractivity contribution in [2.75, 3.05) is 0 Å². The minimum atomic E-state index is -3.30. The van der Waals surface area contributed by atoms with E-state index >= 15 is 0 Å². The molecule has 0 spiro atoms. The van der Waals surface area contributed by atoms with Crippen molar-refractivity contribution >= 4 is 11.6 Å². The van der Waals surface area contributed by atoms with Crippen molar-refractivity contribution in [1.29, 1.82) is 0 Å². The van der Waals surface area contributed by atoms with Gasteiger partial charge in [0.1, 0.15) is 16.5 Å². The number of halogens is 2. The Balaban J connectivity index is 3.31. The highest BCUT2D eigenvalue weighted by atomic mass is 35.5. The largest absolute Gasteiger partial charge is 0.340 e. The molecule has 0 bridgehead atoms. The first kappa shape index (κ1) is 9.34. The maximum Gasteiger partial charge on any atom is 0.310 e. The molecule has 0 aliphatic carbocycles. The molecule has 1 rings (SSSR count). The summed E-state index contributed by atoms with van der Waals surface area (Å²) in [6.45, 7) is 0. The third-order valence-corrected chi connectivity index (χ3v) is 1.48. The van der Waals surface area contributed by atoms with Crippen molar-refractivity contribution in [2.24, 2.45) is 0 Å². The predicted octanol–water partition coefficient (Wildman–Crippen LogP) is -0.0387. The number of nitrogens with zero attached hydrogens (tertiary/aromatic N) is 1. The van der Waals surface area contributed by atoms with E-state index in [4.69, 9.17) is 26.9 Å². The lowest BCUT2D eigenvalue weighted by molar-refractivity contribution is -0.325. The van der Waals surface area contributed by atoms with Crippen LogP contribution in [-0.2, 0) is 5.97 Å². The van der Waals surface area contributed by atoms with Gasteiger partial charge in [0.25, 0.3) is 0 Å². The maximum absolute atomic E-state index is 12.7. The van der Waals surface area contributed by atoms with Crippen LogP contribution in [0.4, 0.5) is 4.39 Å². The molecule has 0 aromatic carbocycles. The fraction of sp³-hybridized carbons (Fsp3) is 0.167. The van der Waals surface area contributed by atoms with E-state index in [1.807, 2.05) is 0 Å². The van der Waals surface area contributed by atoms with Gasteiger partial charge in [-0.3, -0.25) is 0 Å². The monoisotopic (exact) mass is 193 g/mol. The van der Waals surface area contributed by atoms with Crippen LogP contribution in [0.5, 0.6) is 0 Å². The van der Waals surface area contributed by atoms with E-state index in [0.29, 0.717) is 0 Å². The second-order valence-electron chi connectivity index (χ2n) is 2.09. The Labute approximate surface area is 71.9 Å². The number of hydrogen-bond donors (Lipinski definition) is 3. The van der Waals surface area contributed by atoms with Crippen LogP contribution in [0.1, 0.15) is 5.56 Å². The molecule has 0 saturated heterocycles. The first-order chi connectivity index (χ1) is 5.43. The quantitative estimate of drug-likeness (QED) is 0.432. The molecule has 0 unspecified atom stereocenters. The summed E-state index contributed by atoms with van der Waals surface area (Å²) in [6.07, 6.45) is 1.03. The van der Waals surface area contributed by atoms with Gasteiger partial charge in [-0.05, 0) is 6.07 Å². The Kier molecular flexibility index (Phi) is 2.29. The Morgan fingerprint density at radius 1 is 1.42 bits per heavy atom. The van der Waals surface area contributed by atoms with Gasteiger partial charge in [-0.15, -0.1) is 0 Å². The first-order valence-electron chi connectivity index (χ1n) is 2.90. The average molecular weight is 194 g/mol. The van der Waals surface area contributed by atoms with E-state index in [9.17, 15) is 4.39 Å². The summed E-state index contributed by atoms with van der Waals surface area (Å²) in [5.41, 5.74) is -0.855. The van der Waals surface area contributed by atoms with Crippen molar-refractivity contribution < 1.29 is 19.7 Å². The van der Waals surface area contributed by atoms with Crippen LogP contribution in [0.25, 0.3) is 0 Å². The van der Waals surface area contributed by atoms with Crippen LogP contribution in [-0.4, -0.2) is 20.3 Å². The molecule has 0 fully saturated rings. The van der Waals surface area contributed by atoms with Crippen LogP contribution in [0.2, 0.25) is 5.15 Å².